The molecule has 184 valence electrons. The standard InChI is InChI=1S/C29H40N2O3/c1-28-14-11-23-21(22(28)9-10-26(28)33)7-8-24-27(19-5-3-2-4-6-19)25(12-15-29(23,24)18-32)31-34-20-13-16-30-17-20/h2-6,20-24,27,30,32H,7-18H2,1H3/t20?,21?,22?,23?,24?,27?,28-,29-/m0/s1. The van der Waals surface area contributed by atoms with E-state index >= 15 is 0 Å². The molecule has 2 N–H and O–H groups in total. The summed E-state index contributed by atoms with van der Waals surface area (Å²) < 4.78 is 0. The first-order valence-corrected chi connectivity index (χ1v) is 13.7. The lowest BCUT2D eigenvalue weighted by Crippen LogP contribution is -2.58. The molecular formula is C29H40N2O3. The van der Waals surface area contributed by atoms with Crippen LogP contribution >= 0.6 is 0 Å². The Morgan fingerprint density at radius 2 is 1.88 bits per heavy atom. The molecule has 1 aromatic carbocycles. The maximum atomic E-state index is 12.8. The van der Waals surface area contributed by atoms with Crippen molar-refractivity contribution in [1.29, 1.82) is 0 Å². The lowest BCUT2D eigenvalue weighted by atomic mass is 9.43. The summed E-state index contributed by atoms with van der Waals surface area (Å²) in [5.74, 6) is 2.66. The minimum absolute atomic E-state index is 0.0790. The molecule has 8 atom stereocenters. The van der Waals surface area contributed by atoms with Crippen molar-refractivity contribution in [2.24, 2.45) is 39.7 Å². The van der Waals surface area contributed by atoms with Crippen molar-refractivity contribution >= 4 is 11.5 Å². The van der Waals surface area contributed by atoms with Crippen molar-refractivity contribution in [1.82, 2.24) is 5.32 Å². The van der Waals surface area contributed by atoms with Crippen molar-refractivity contribution < 1.29 is 14.7 Å². The van der Waals surface area contributed by atoms with Crippen molar-refractivity contribution in [3.8, 4) is 0 Å². The van der Waals surface area contributed by atoms with Crippen LogP contribution in [0.4, 0.5) is 0 Å². The summed E-state index contributed by atoms with van der Waals surface area (Å²) in [5, 5.41) is 19.3. The number of ketones is 1. The number of fused-ring (bicyclic) bond motifs is 5. The predicted octanol–water partition coefficient (Wildman–Crippen LogP) is 4.70. The average molecular weight is 465 g/mol. The number of carbonyl (C=O) groups is 1. The molecule has 0 aromatic heterocycles. The largest absolute Gasteiger partial charge is 0.396 e. The van der Waals surface area contributed by atoms with Crippen LogP contribution in [0.5, 0.6) is 0 Å². The smallest absolute Gasteiger partial charge is 0.141 e. The van der Waals surface area contributed by atoms with Crippen LogP contribution in [0.2, 0.25) is 0 Å². The van der Waals surface area contributed by atoms with E-state index in [0.29, 0.717) is 29.5 Å². The third-order valence-electron chi connectivity index (χ3n) is 10.8. The van der Waals surface area contributed by atoms with Gasteiger partial charge in [0.25, 0.3) is 0 Å². The molecule has 5 nitrogen and oxygen atoms in total. The molecule has 1 heterocycles. The Morgan fingerprint density at radius 1 is 1.03 bits per heavy atom. The second-order valence-corrected chi connectivity index (χ2v) is 12.1. The summed E-state index contributed by atoms with van der Waals surface area (Å²) in [6.07, 6.45) is 9.24. The van der Waals surface area contributed by atoms with E-state index in [1.165, 1.54) is 17.7 Å². The molecule has 5 fully saturated rings. The molecule has 4 aliphatic carbocycles. The van der Waals surface area contributed by atoms with Crippen LogP contribution in [0.3, 0.4) is 0 Å². The fourth-order valence-corrected chi connectivity index (χ4v) is 9.09. The Hall–Kier alpha value is -1.72. The fourth-order valence-electron chi connectivity index (χ4n) is 9.09. The van der Waals surface area contributed by atoms with Gasteiger partial charge in [-0.25, -0.2) is 0 Å². The second kappa shape index (κ2) is 8.74. The average Bonchev–Trinajstić information content (AvgIpc) is 3.50. The number of aliphatic hydroxyl groups is 1. The molecule has 0 radical (unpaired) electrons. The molecule has 1 aliphatic heterocycles. The number of Topliss-reactive ketones (excluding diaryl/α,β-unsaturated/α-hetero) is 1. The summed E-state index contributed by atoms with van der Waals surface area (Å²) in [7, 11) is 0. The molecule has 5 heteroatoms. The number of nitrogens with one attached hydrogen (secondary N) is 1. The summed E-state index contributed by atoms with van der Waals surface area (Å²) in [5.41, 5.74) is 2.28. The molecule has 1 aromatic rings. The van der Waals surface area contributed by atoms with Crippen molar-refractivity contribution in [2.75, 3.05) is 19.7 Å². The zero-order valence-electron chi connectivity index (χ0n) is 20.5. The van der Waals surface area contributed by atoms with Crippen molar-refractivity contribution in [3.63, 3.8) is 0 Å². The topological polar surface area (TPSA) is 70.9 Å². The molecule has 0 amide bonds. The predicted molar refractivity (Wildman–Crippen MR) is 133 cm³/mol. The van der Waals surface area contributed by atoms with Gasteiger partial charge in [-0.3, -0.25) is 4.79 Å². The lowest BCUT2D eigenvalue weighted by molar-refractivity contribution is -0.145. The van der Waals surface area contributed by atoms with E-state index in [4.69, 9.17) is 9.99 Å². The molecule has 1 saturated heterocycles. The first kappa shape index (κ1) is 22.7. The van der Waals surface area contributed by atoms with Gasteiger partial charge in [0.2, 0.25) is 0 Å². The number of aliphatic hydroxyl groups excluding tert-OH is 1. The van der Waals surface area contributed by atoms with Gasteiger partial charge < -0.3 is 15.3 Å². The normalized spacial score (nSPS) is 45.0. The van der Waals surface area contributed by atoms with Crippen LogP contribution < -0.4 is 5.32 Å². The minimum atomic E-state index is -0.117. The monoisotopic (exact) mass is 464 g/mol. The summed E-state index contributed by atoms with van der Waals surface area (Å²) in [6.45, 7) is 4.37. The molecule has 5 aliphatic rings. The summed E-state index contributed by atoms with van der Waals surface area (Å²) in [4.78, 5) is 18.9. The van der Waals surface area contributed by atoms with Crippen molar-refractivity contribution in [3.05, 3.63) is 35.9 Å². The van der Waals surface area contributed by atoms with Gasteiger partial charge in [-0.2, -0.15) is 0 Å². The highest BCUT2D eigenvalue weighted by Gasteiger charge is 2.63. The van der Waals surface area contributed by atoms with Gasteiger partial charge in [-0.1, -0.05) is 42.4 Å². The van der Waals surface area contributed by atoms with Crippen LogP contribution in [0.15, 0.2) is 35.5 Å². The number of carbonyl (C=O) groups excluding carboxylic acids is 1. The summed E-state index contributed by atoms with van der Waals surface area (Å²) in [6, 6.07) is 10.8. The van der Waals surface area contributed by atoms with E-state index in [1.54, 1.807) is 0 Å². The maximum absolute atomic E-state index is 12.8. The Balaban J connectivity index is 1.35. The summed E-state index contributed by atoms with van der Waals surface area (Å²) >= 11 is 0. The van der Waals surface area contributed by atoms with E-state index in [0.717, 1.165) is 64.5 Å². The van der Waals surface area contributed by atoms with E-state index in [9.17, 15) is 9.90 Å². The first-order valence-electron chi connectivity index (χ1n) is 13.7. The number of oxime groups is 1. The number of hydrogen-bond acceptors (Lipinski definition) is 5. The third-order valence-corrected chi connectivity index (χ3v) is 10.8. The van der Waals surface area contributed by atoms with Gasteiger partial charge in [-0.05, 0) is 80.7 Å². The molecule has 34 heavy (non-hydrogen) atoms. The zero-order valence-corrected chi connectivity index (χ0v) is 20.5. The minimum Gasteiger partial charge on any atom is -0.396 e. The van der Waals surface area contributed by atoms with Gasteiger partial charge in [0.05, 0.1) is 5.71 Å². The van der Waals surface area contributed by atoms with Crippen LogP contribution in [0.25, 0.3) is 0 Å². The second-order valence-electron chi connectivity index (χ2n) is 12.1. The van der Waals surface area contributed by atoms with E-state index < -0.39 is 0 Å². The van der Waals surface area contributed by atoms with Gasteiger partial charge >= 0.3 is 0 Å². The quantitative estimate of drug-likeness (QED) is 0.634. The third kappa shape index (κ3) is 3.41. The SMILES string of the molecule is C[C@]12CCC3C(CCC4C(c5ccccc5)C(=NOC5CCNC5)CC[C@@]43CO)C1CCC2=O. The number of rotatable bonds is 4. The lowest BCUT2D eigenvalue weighted by Gasteiger charge is -2.61. The number of benzene rings is 1. The Bertz CT molecular complexity index is 942. The first-order chi connectivity index (χ1) is 16.6. The maximum Gasteiger partial charge on any atom is 0.141 e. The molecule has 4 saturated carbocycles. The van der Waals surface area contributed by atoms with Gasteiger partial charge in [0.15, 0.2) is 0 Å². The molecule has 0 spiro atoms. The van der Waals surface area contributed by atoms with E-state index in [2.05, 4.69) is 42.6 Å². The fraction of sp³-hybridized carbons (Fsp3) is 0.724. The van der Waals surface area contributed by atoms with Crippen LogP contribution in [0.1, 0.15) is 76.2 Å². The molecule has 6 rings (SSSR count). The number of hydrogen-bond donors (Lipinski definition) is 2. The van der Waals surface area contributed by atoms with E-state index in [-0.39, 0.29) is 29.5 Å². The van der Waals surface area contributed by atoms with E-state index in [1.807, 2.05) is 0 Å². The van der Waals surface area contributed by atoms with Gasteiger partial charge in [0, 0.05) is 42.7 Å². The van der Waals surface area contributed by atoms with Gasteiger partial charge in [0.1, 0.15) is 11.9 Å². The highest BCUT2D eigenvalue weighted by molar-refractivity contribution is 5.92. The highest BCUT2D eigenvalue weighted by atomic mass is 16.6. The van der Waals surface area contributed by atoms with Crippen LogP contribution in [0, 0.1) is 34.5 Å². The Kier molecular flexibility index (Phi) is 5.84. The number of nitrogens with zero attached hydrogens (tertiary/aromatic N) is 1. The molecule has 0 bridgehead atoms. The van der Waals surface area contributed by atoms with Crippen molar-refractivity contribution in [2.45, 2.75) is 76.7 Å². The molecular weight excluding hydrogens is 424 g/mol. The zero-order chi connectivity index (χ0) is 23.3. The highest BCUT2D eigenvalue weighted by Crippen LogP contribution is 2.67. The molecule has 6 unspecified atom stereocenters. The van der Waals surface area contributed by atoms with Gasteiger partial charge in [-0.15, -0.1) is 0 Å². The van der Waals surface area contributed by atoms with Crippen LogP contribution in [-0.2, 0) is 9.63 Å². The Morgan fingerprint density at radius 3 is 2.65 bits per heavy atom. The Labute approximate surface area is 203 Å². The van der Waals surface area contributed by atoms with Crippen LogP contribution in [-0.4, -0.2) is 42.4 Å².